The first-order valence-electron chi connectivity index (χ1n) is 7.37. The zero-order valence-electron chi connectivity index (χ0n) is 12.5. The van der Waals surface area contributed by atoms with Crippen LogP contribution in [0.4, 0.5) is 4.39 Å². The van der Waals surface area contributed by atoms with Crippen LogP contribution in [0.1, 0.15) is 35.1 Å². The summed E-state index contributed by atoms with van der Waals surface area (Å²) in [5.41, 5.74) is 2.46. The molecule has 0 radical (unpaired) electrons. The minimum atomic E-state index is -1.11. The van der Waals surface area contributed by atoms with Gasteiger partial charge in [0.05, 0.1) is 5.69 Å². The van der Waals surface area contributed by atoms with Gasteiger partial charge in [-0.3, -0.25) is 9.59 Å². The number of hydrogen-bond acceptors (Lipinski definition) is 3. The second-order valence-electron chi connectivity index (χ2n) is 5.55. The van der Waals surface area contributed by atoms with Crippen molar-refractivity contribution in [2.24, 2.45) is 0 Å². The number of carbonyl (C=O) groups is 2. The normalized spacial score (nSPS) is 14.3. The van der Waals surface area contributed by atoms with Gasteiger partial charge in [0.2, 0.25) is 0 Å². The van der Waals surface area contributed by atoms with E-state index in [9.17, 15) is 14.0 Å². The summed E-state index contributed by atoms with van der Waals surface area (Å²) in [5, 5.41) is 15.6. The summed E-state index contributed by atoms with van der Waals surface area (Å²) in [7, 11) is 0. The molecule has 1 aromatic heterocycles. The summed E-state index contributed by atoms with van der Waals surface area (Å²) in [5.74, 6) is -2.01. The standard InChI is InChI=1S/C16H16FN3O3/c1-9(16(22)23)18-15(21)14-12-6-3-7-13(12)20(19-14)11-5-2-4-10(17)8-11/h2,4-5,8-9H,3,6-7H2,1H3,(H,18,21)(H,22,23)/t9-/m0/s1. The van der Waals surface area contributed by atoms with Crippen LogP contribution in [-0.4, -0.2) is 32.8 Å². The van der Waals surface area contributed by atoms with Gasteiger partial charge >= 0.3 is 5.97 Å². The van der Waals surface area contributed by atoms with Crippen molar-refractivity contribution in [1.82, 2.24) is 15.1 Å². The Hall–Kier alpha value is -2.70. The molecule has 6 nitrogen and oxygen atoms in total. The molecule has 23 heavy (non-hydrogen) atoms. The summed E-state index contributed by atoms with van der Waals surface area (Å²) >= 11 is 0. The smallest absolute Gasteiger partial charge is 0.325 e. The predicted molar refractivity (Wildman–Crippen MR) is 80.1 cm³/mol. The van der Waals surface area contributed by atoms with Crippen molar-refractivity contribution in [3.8, 4) is 5.69 Å². The Kier molecular flexibility index (Phi) is 3.85. The van der Waals surface area contributed by atoms with Crippen molar-refractivity contribution >= 4 is 11.9 Å². The van der Waals surface area contributed by atoms with Crippen molar-refractivity contribution in [1.29, 1.82) is 0 Å². The number of carboxylic acids is 1. The number of rotatable bonds is 4. The molecule has 0 spiro atoms. The molecular weight excluding hydrogens is 301 g/mol. The molecule has 0 unspecified atom stereocenters. The maximum absolute atomic E-state index is 13.4. The van der Waals surface area contributed by atoms with Gasteiger partial charge in [0, 0.05) is 11.3 Å². The Bertz CT molecular complexity index is 785. The Morgan fingerprint density at radius 2 is 2.17 bits per heavy atom. The van der Waals surface area contributed by atoms with Crippen LogP contribution in [0.3, 0.4) is 0 Å². The number of fused-ring (bicyclic) bond motifs is 1. The number of aliphatic carboxylic acids is 1. The average Bonchev–Trinajstić information content (AvgIpc) is 3.08. The monoisotopic (exact) mass is 317 g/mol. The van der Waals surface area contributed by atoms with Crippen molar-refractivity contribution in [2.75, 3.05) is 0 Å². The molecule has 1 aliphatic rings. The highest BCUT2D eigenvalue weighted by Crippen LogP contribution is 2.28. The molecule has 1 heterocycles. The summed E-state index contributed by atoms with van der Waals surface area (Å²) in [4.78, 5) is 23.2. The van der Waals surface area contributed by atoms with Crippen molar-refractivity contribution in [2.45, 2.75) is 32.2 Å². The maximum atomic E-state index is 13.4. The first kappa shape index (κ1) is 15.2. The van der Waals surface area contributed by atoms with E-state index in [-0.39, 0.29) is 11.5 Å². The van der Waals surface area contributed by atoms with Gasteiger partial charge in [-0.15, -0.1) is 0 Å². The molecule has 0 saturated heterocycles. The fraction of sp³-hybridized carbons (Fsp3) is 0.312. The third kappa shape index (κ3) is 2.81. The third-order valence-corrected chi connectivity index (χ3v) is 3.92. The van der Waals surface area contributed by atoms with Crippen molar-refractivity contribution < 1.29 is 19.1 Å². The van der Waals surface area contributed by atoms with E-state index < -0.39 is 17.9 Å². The zero-order chi connectivity index (χ0) is 16.6. The molecule has 2 N–H and O–H groups in total. The Balaban J connectivity index is 1.99. The maximum Gasteiger partial charge on any atom is 0.325 e. The Morgan fingerprint density at radius 1 is 1.39 bits per heavy atom. The Labute approximate surface area is 131 Å². The van der Waals surface area contributed by atoms with Crippen LogP contribution >= 0.6 is 0 Å². The average molecular weight is 317 g/mol. The lowest BCUT2D eigenvalue weighted by Crippen LogP contribution is -2.38. The highest BCUT2D eigenvalue weighted by atomic mass is 19.1. The van der Waals surface area contributed by atoms with E-state index in [0.29, 0.717) is 12.1 Å². The van der Waals surface area contributed by atoms with E-state index in [4.69, 9.17) is 5.11 Å². The molecule has 7 heteroatoms. The minimum Gasteiger partial charge on any atom is -0.480 e. The first-order valence-corrected chi connectivity index (χ1v) is 7.37. The van der Waals surface area contributed by atoms with Crippen LogP contribution in [0, 0.1) is 5.82 Å². The van der Waals surface area contributed by atoms with Gasteiger partial charge in [0.1, 0.15) is 11.9 Å². The molecule has 120 valence electrons. The van der Waals surface area contributed by atoms with Crippen molar-refractivity contribution in [3.05, 3.63) is 47.0 Å². The van der Waals surface area contributed by atoms with Gasteiger partial charge in [-0.1, -0.05) is 6.07 Å². The first-order chi connectivity index (χ1) is 11.0. The number of carbonyl (C=O) groups excluding carboxylic acids is 1. The second kappa shape index (κ2) is 5.83. The van der Waals surface area contributed by atoms with Crippen LogP contribution in [0.15, 0.2) is 24.3 Å². The predicted octanol–water partition coefficient (Wildman–Crippen LogP) is 1.70. The van der Waals surface area contributed by atoms with Crippen LogP contribution in [0.25, 0.3) is 5.69 Å². The van der Waals surface area contributed by atoms with E-state index in [1.165, 1.54) is 19.1 Å². The zero-order valence-corrected chi connectivity index (χ0v) is 12.5. The summed E-state index contributed by atoms with van der Waals surface area (Å²) < 4.78 is 15.0. The Morgan fingerprint density at radius 3 is 2.87 bits per heavy atom. The molecule has 1 aliphatic carbocycles. The quantitative estimate of drug-likeness (QED) is 0.899. The van der Waals surface area contributed by atoms with Gasteiger partial charge in [0.15, 0.2) is 5.69 Å². The number of halogens is 1. The summed E-state index contributed by atoms with van der Waals surface area (Å²) in [6, 6.07) is 5.00. The number of benzene rings is 1. The van der Waals surface area contributed by atoms with Crippen LogP contribution in [0.5, 0.6) is 0 Å². The largest absolute Gasteiger partial charge is 0.480 e. The van der Waals surface area contributed by atoms with Crippen LogP contribution in [0.2, 0.25) is 0 Å². The molecule has 0 aliphatic heterocycles. The number of hydrogen-bond donors (Lipinski definition) is 2. The third-order valence-electron chi connectivity index (χ3n) is 3.92. The molecule has 0 saturated carbocycles. The molecular formula is C16H16FN3O3. The molecule has 0 bridgehead atoms. The summed E-state index contributed by atoms with van der Waals surface area (Å²) in [6.07, 6.45) is 2.34. The number of nitrogens with one attached hydrogen (secondary N) is 1. The fourth-order valence-electron chi connectivity index (χ4n) is 2.77. The van der Waals surface area contributed by atoms with E-state index in [2.05, 4.69) is 10.4 Å². The lowest BCUT2D eigenvalue weighted by molar-refractivity contribution is -0.138. The number of carboxylic acid groups (broad SMARTS) is 1. The second-order valence-corrected chi connectivity index (χ2v) is 5.55. The molecule has 1 amide bonds. The highest BCUT2D eigenvalue weighted by molar-refractivity contribution is 5.96. The lowest BCUT2D eigenvalue weighted by atomic mass is 10.2. The van der Waals surface area contributed by atoms with Gasteiger partial charge < -0.3 is 10.4 Å². The van der Waals surface area contributed by atoms with Crippen LogP contribution in [-0.2, 0) is 17.6 Å². The van der Waals surface area contributed by atoms with Gasteiger partial charge in [0.25, 0.3) is 5.91 Å². The van der Waals surface area contributed by atoms with Crippen LogP contribution < -0.4 is 5.32 Å². The number of aromatic nitrogens is 2. The SMILES string of the molecule is C[C@H](NC(=O)c1nn(-c2cccc(F)c2)c2c1CCC2)C(=O)O. The van der Waals surface area contributed by atoms with E-state index >= 15 is 0 Å². The molecule has 2 aromatic rings. The number of nitrogens with zero attached hydrogens (tertiary/aromatic N) is 2. The summed E-state index contributed by atoms with van der Waals surface area (Å²) in [6.45, 7) is 1.39. The van der Waals surface area contributed by atoms with Gasteiger partial charge in [-0.25, -0.2) is 9.07 Å². The van der Waals surface area contributed by atoms with E-state index in [1.54, 1.807) is 16.8 Å². The molecule has 1 aromatic carbocycles. The molecule has 1 atom stereocenters. The minimum absolute atomic E-state index is 0.217. The number of amides is 1. The lowest BCUT2D eigenvalue weighted by Gasteiger charge is -2.08. The van der Waals surface area contributed by atoms with Gasteiger partial charge in [-0.2, -0.15) is 5.10 Å². The fourth-order valence-corrected chi connectivity index (χ4v) is 2.77. The van der Waals surface area contributed by atoms with E-state index in [0.717, 1.165) is 24.1 Å². The molecule has 0 fully saturated rings. The van der Waals surface area contributed by atoms with E-state index in [1.807, 2.05) is 0 Å². The topological polar surface area (TPSA) is 84.2 Å². The highest BCUT2D eigenvalue weighted by Gasteiger charge is 2.28. The van der Waals surface area contributed by atoms with Crippen molar-refractivity contribution in [3.63, 3.8) is 0 Å². The molecule has 3 rings (SSSR count). The van der Waals surface area contributed by atoms with Gasteiger partial charge in [-0.05, 0) is 44.4 Å².